The lowest BCUT2D eigenvalue weighted by molar-refractivity contribution is 0.185. The van der Waals surface area contributed by atoms with E-state index in [1.54, 1.807) is 0 Å². The lowest BCUT2D eigenvalue weighted by Crippen LogP contribution is -2.34. The van der Waals surface area contributed by atoms with Gasteiger partial charge in [0.05, 0.1) is 0 Å². The highest BCUT2D eigenvalue weighted by molar-refractivity contribution is 5.37. The lowest BCUT2D eigenvalue weighted by atomic mass is 9.94. The summed E-state index contributed by atoms with van der Waals surface area (Å²) < 4.78 is 5.98. The van der Waals surface area contributed by atoms with Crippen molar-refractivity contribution in [2.45, 2.75) is 45.8 Å². The molecule has 1 heterocycles. The van der Waals surface area contributed by atoms with Crippen molar-refractivity contribution in [3.8, 4) is 5.75 Å². The second-order valence-corrected chi connectivity index (χ2v) is 5.11. The molecule has 0 bridgehead atoms. The van der Waals surface area contributed by atoms with Gasteiger partial charge in [-0.3, -0.25) is 0 Å². The Morgan fingerprint density at radius 3 is 2.82 bits per heavy atom. The van der Waals surface area contributed by atoms with Crippen LogP contribution in [0.1, 0.15) is 32.8 Å². The Kier molecular flexibility index (Phi) is 4.06. The average molecular weight is 233 g/mol. The van der Waals surface area contributed by atoms with Crippen LogP contribution in [0.5, 0.6) is 5.75 Å². The number of benzene rings is 1. The normalized spacial score (nSPS) is 21.7. The Bertz CT molecular complexity index is 339. The van der Waals surface area contributed by atoms with Crippen molar-refractivity contribution in [1.29, 1.82) is 0 Å². The van der Waals surface area contributed by atoms with E-state index < -0.39 is 0 Å². The first-order valence-electron chi connectivity index (χ1n) is 6.68. The summed E-state index contributed by atoms with van der Waals surface area (Å²) in [5.41, 5.74) is 1.36. The number of para-hydroxylation sites is 1. The molecule has 1 aliphatic rings. The number of fused-ring (bicyclic) bond motifs is 1. The highest BCUT2D eigenvalue weighted by atomic mass is 16.5. The number of rotatable bonds is 5. The van der Waals surface area contributed by atoms with Crippen LogP contribution in [0.15, 0.2) is 24.3 Å². The summed E-state index contributed by atoms with van der Waals surface area (Å²) in [4.78, 5) is 0. The van der Waals surface area contributed by atoms with Crippen molar-refractivity contribution in [2.75, 3.05) is 6.54 Å². The van der Waals surface area contributed by atoms with Gasteiger partial charge in [0, 0.05) is 12.5 Å². The summed E-state index contributed by atoms with van der Waals surface area (Å²) in [6, 6.07) is 8.95. The third kappa shape index (κ3) is 3.01. The zero-order valence-corrected chi connectivity index (χ0v) is 11.1. The molecule has 0 radical (unpaired) electrons. The van der Waals surface area contributed by atoms with Gasteiger partial charge in [0.1, 0.15) is 11.9 Å². The Morgan fingerprint density at radius 2 is 2.12 bits per heavy atom. The van der Waals surface area contributed by atoms with Crippen molar-refractivity contribution in [2.24, 2.45) is 5.92 Å². The van der Waals surface area contributed by atoms with Crippen LogP contribution in [0.25, 0.3) is 0 Å². The Labute approximate surface area is 104 Å². The Balaban J connectivity index is 1.87. The minimum Gasteiger partial charge on any atom is -0.490 e. The molecule has 3 unspecified atom stereocenters. The zero-order valence-electron chi connectivity index (χ0n) is 11.1. The van der Waals surface area contributed by atoms with Crippen LogP contribution in [0.2, 0.25) is 0 Å². The van der Waals surface area contributed by atoms with Crippen molar-refractivity contribution in [3.05, 3.63) is 29.8 Å². The topological polar surface area (TPSA) is 21.3 Å². The summed E-state index contributed by atoms with van der Waals surface area (Å²) in [6.45, 7) is 7.76. The molecule has 2 rings (SSSR count). The molecule has 0 aliphatic carbocycles. The fourth-order valence-corrected chi connectivity index (χ4v) is 2.53. The van der Waals surface area contributed by atoms with Gasteiger partial charge in [0.25, 0.3) is 0 Å². The van der Waals surface area contributed by atoms with Gasteiger partial charge in [-0.2, -0.15) is 0 Å². The molecule has 1 aromatic carbocycles. The molecule has 0 aromatic heterocycles. The quantitative estimate of drug-likeness (QED) is 0.844. The number of hydrogen-bond donors (Lipinski definition) is 1. The molecule has 0 saturated heterocycles. The van der Waals surface area contributed by atoms with Gasteiger partial charge in [-0.05, 0) is 37.4 Å². The molecule has 94 valence electrons. The van der Waals surface area contributed by atoms with Crippen molar-refractivity contribution < 1.29 is 4.74 Å². The Morgan fingerprint density at radius 1 is 1.35 bits per heavy atom. The predicted octanol–water partition coefficient (Wildman–Crippen LogP) is 3.01. The fraction of sp³-hybridized carbons (Fsp3) is 0.600. The Hall–Kier alpha value is -1.02. The number of ether oxygens (including phenoxy) is 1. The maximum absolute atomic E-state index is 5.98. The number of hydrogen-bond acceptors (Lipinski definition) is 2. The van der Waals surface area contributed by atoms with E-state index >= 15 is 0 Å². The monoisotopic (exact) mass is 233 g/mol. The van der Waals surface area contributed by atoms with Crippen molar-refractivity contribution in [1.82, 2.24) is 5.32 Å². The molecule has 0 spiro atoms. The van der Waals surface area contributed by atoms with Crippen LogP contribution in [0.3, 0.4) is 0 Å². The van der Waals surface area contributed by atoms with E-state index in [1.807, 2.05) is 6.07 Å². The van der Waals surface area contributed by atoms with Gasteiger partial charge in [-0.15, -0.1) is 0 Å². The summed E-state index contributed by atoms with van der Waals surface area (Å²) in [5, 5.41) is 3.48. The van der Waals surface area contributed by atoms with Crippen LogP contribution in [-0.4, -0.2) is 18.7 Å². The summed E-state index contributed by atoms with van der Waals surface area (Å²) in [6.07, 6.45) is 2.56. The summed E-state index contributed by atoms with van der Waals surface area (Å²) in [5.74, 6) is 1.73. The largest absolute Gasteiger partial charge is 0.490 e. The van der Waals surface area contributed by atoms with E-state index in [9.17, 15) is 0 Å². The van der Waals surface area contributed by atoms with Gasteiger partial charge in [-0.1, -0.05) is 32.0 Å². The molecule has 0 saturated carbocycles. The van der Waals surface area contributed by atoms with Gasteiger partial charge in [0.2, 0.25) is 0 Å². The highest BCUT2D eigenvalue weighted by Crippen LogP contribution is 2.31. The second-order valence-electron chi connectivity index (χ2n) is 5.11. The molecule has 1 N–H and O–H groups in total. The van der Waals surface area contributed by atoms with Crippen LogP contribution < -0.4 is 10.1 Å². The minimum absolute atomic E-state index is 0.364. The molecule has 0 fully saturated rings. The second kappa shape index (κ2) is 5.54. The first-order chi connectivity index (χ1) is 8.20. The smallest absolute Gasteiger partial charge is 0.123 e. The third-order valence-electron chi connectivity index (χ3n) is 3.73. The zero-order chi connectivity index (χ0) is 12.3. The van der Waals surface area contributed by atoms with E-state index in [4.69, 9.17) is 4.74 Å². The van der Waals surface area contributed by atoms with Gasteiger partial charge >= 0.3 is 0 Å². The van der Waals surface area contributed by atoms with Gasteiger partial charge in [0.15, 0.2) is 0 Å². The predicted molar refractivity (Wildman–Crippen MR) is 71.5 cm³/mol. The van der Waals surface area contributed by atoms with E-state index in [-0.39, 0.29) is 0 Å². The summed E-state index contributed by atoms with van der Waals surface area (Å²) >= 11 is 0. The van der Waals surface area contributed by atoms with Gasteiger partial charge < -0.3 is 10.1 Å². The molecule has 3 atom stereocenters. The van der Waals surface area contributed by atoms with Crippen LogP contribution in [0.4, 0.5) is 0 Å². The van der Waals surface area contributed by atoms with Crippen LogP contribution in [0, 0.1) is 5.92 Å². The minimum atomic E-state index is 0.364. The molecule has 1 aromatic rings. The van der Waals surface area contributed by atoms with Crippen LogP contribution in [-0.2, 0) is 6.42 Å². The molecule has 1 aliphatic heterocycles. The molecule has 2 nitrogen and oxygen atoms in total. The maximum atomic E-state index is 5.98. The fourth-order valence-electron chi connectivity index (χ4n) is 2.53. The van der Waals surface area contributed by atoms with Gasteiger partial charge in [-0.25, -0.2) is 0 Å². The average Bonchev–Trinajstić information content (AvgIpc) is 2.71. The molecule has 0 amide bonds. The van der Waals surface area contributed by atoms with E-state index in [0.29, 0.717) is 18.1 Å². The lowest BCUT2D eigenvalue weighted by Gasteiger charge is -2.23. The molecular weight excluding hydrogens is 210 g/mol. The van der Waals surface area contributed by atoms with Crippen LogP contribution >= 0.6 is 0 Å². The highest BCUT2D eigenvalue weighted by Gasteiger charge is 2.25. The third-order valence-corrected chi connectivity index (χ3v) is 3.73. The standard InChI is InChI=1S/C15H23NO/c1-4-16-12(3)11(2)9-14-10-13-7-5-6-8-15(13)17-14/h5-8,11-12,14,16H,4,9-10H2,1-3H3. The number of nitrogens with one attached hydrogen (secondary N) is 1. The van der Waals surface area contributed by atoms with Crippen molar-refractivity contribution in [3.63, 3.8) is 0 Å². The van der Waals surface area contributed by atoms with E-state index in [0.717, 1.165) is 25.1 Å². The summed E-state index contributed by atoms with van der Waals surface area (Å²) in [7, 11) is 0. The molecular formula is C15H23NO. The van der Waals surface area contributed by atoms with E-state index in [2.05, 4.69) is 44.3 Å². The van der Waals surface area contributed by atoms with Crippen molar-refractivity contribution >= 4 is 0 Å². The first kappa shape index (κ1) is 12.4. The first-order valence-corrected chi connectivity index (χ1v) is 6.68. The maximum Gasteiger partial charge on any atom is 0.123 e. The molecule has 2 heteroatoms. The molecule has 17 heavy (non-hydrogen) atoms. The van der Waals surface area contributed by atoms with E-state index in [1.165, 1.54) is 5.56 Å². The SMILES string of the molecule is CCNC(C)C(C)CC1Cc2ccccc2O1.